The van der Waals surface area contributed by atoms with Crippen molar-refractivity contribution in [3.63, 3.8) is 0 Å². The van der Waals surface area contributed by atoms with Crippen LogP contribution in [0.15, 0.2) is 36.4 Å². The first-order chi connectivity index (χ1) is 9.60. The summed E-state index contributed by atoms with van der Waals surface area (Å²) < 4.78 is 28.4. The van der Waals surface area contributed by atoms with Crippen LogP contribution in [0.2, 0.25) is 0 Å². The van der Waals surface area contributed by atoms with Gasteiger partial charge >= 0.3 is 0 Å². The zero-order chi connectivity index (χ0) is 14.3. The fraction of sp³-hybridized carbons (Fsp3) is 0.0714. The normalized spacial score (nSPS) is 11.2. The first kappa shape index (κ1) is 12.6. The summed E-state index contributed by atoms with van der Waals surface area (Å²) in [5.41, 5.74) is 7.46. The molecule has 4 nitrogen and oxygen atoms in total. The number of benzene rings is 2. The third-order valence-corrected chi connectivity index (χ3v) is 3.04. The third-order valence-electron chi connectivity index (χ3n) is 3.04. The molecule has 0 saturated carbocycles. The number of nitrogens with two attached hydrogens (primary N) is 1. The molecule has 3 N–H and O–H groups in total. The minimum Gasteiger partial charge on any atom is -0.399 e. The highest BCUT2D eigenvalue weighted by molar-refractivity contribution is 5.81. The summed E-state index contributed by atoms with van der Waals surface area (Å²) >= 11 is 0. The molecule has 0 radical (unpaired) electrons. The van der Waals surface area contributed by atoms with E-state index >= 15 is 0 Å². The maximum absolute atomic E-state index is 13.9. The molecule has 1 aromatic heterocycles. The molecule has 0 atom stereocenters. The van der Waals surface area contributed by atoms with Crippen molar-refractivity contribution in [1.29, 1.82) is 0 Å². The van der Waals surface area contributed by atoms with Gasteiger partial charge in [-0.3, -0.25) is 4.57 Å². The van der Waals surface area contributed by atoms with Crippen molar-refractivity contribution < 1.29 is 13.9 Å². The standard InChI is InChI=1S/C14H11F2N3O/c15-8-1-3-12(10(16)5-8)19-13-4-2-9(17)6-11(13)18-14(19)7-20/h1-6,20H,7,17H2. The van der Waals surface area contributed by atoms with Crippen LogP contribution in [0.3, 0.4) is 0 Å². The predicted octanol–water partition coefficient (Wildman–Crippen LogP) is 2.38. The molecule has 0 aliphatic heterocycles. The van der Waals surface area contributed by atoms with Gasteiger partial charge in [-0.15, -0.1) is 0 Å². The maximum atomic E-state index is 13.9. The van der Waals surface area contributed by atoms with Gasteiger partial charge in [-0.05, 0) is 30.3 Å². The van der Waals surface area contributed by atoms with Crippen molar-refractivity contribution in [2.75, 3.05) is 5.73 Å². The van der Waals surface area contributed by atoms with Crippen molar-refractivity contribution in [3.8, 4) is 5.69 Å². The Morgan fingerprint density at radius 2 is 1.95 bits per heavy atom. The molecule has 3 aromatic rings. The third kappa shape index (κ3) is 1.90. The number of aliphatic hydroxyl groups excluding tert-OH is 1. The van der Waals surface area contributed by atoms with Gasteiger partial charge in [0.1, 0.15) is 24.1 Å². The smallest absolute Gasteiger partial charge is 0.150 e. The van der Waals surface area contributed by atoms with E-state index in [2.05, 4.69) is 4.98 Å². The van der Waals surface area contributed by atoms with Crippen LogP contribution < -0.4 is 5.73 Å². The first-order valence-corrected chi connectivity index (χ1v) is 5.93. The molecule has 0 unspecified atom stereocenters. The summed E-state index contributed by atoms with van der Waals surface area (Å²) in [6.45, 7) is -0.370. The minimum absolute atomic E-state index is 0.128. The number of aromatic nitrogens is 2. The number of anilines is 1. The minimum atomic E-state index is -0.726. The Labute approximate surface area is 113 Å². The van der Waals surface area contributed by atoms with Gasteiger partial charge in [-0.2, -0.15) is 0 Å². The summed E-state index contributed by atoms with van der Waals surface area (Å²) in [5.74, 6) is -1.13. The molecule has 0 aliphatic carbocycles. The number of halogens is 2. The first-order valence-electron chi connectivity index (χ1n) is 5.93. The zero-order valence-corrected chi connectivity index (χ0v) is 10.3. The highest BCUT2D eigenvalue weighted by Crippen LogP contribution is 2.25. The second-order valence-electron chi connectivity index (χ2n) is 4.37. The Balaban J connectivity index is 2.34. The van der Waals surface area contributed by atoms with E-state index in [-0.39, 0.29) is 18.1 Å². The Kier molecular flexibility index (Phi) is 2.87. The monoisotopic (exact) mass is 275 g/mol. The van der Waals surface area contributed by atoms with Gasteiger partial charge in [-0.1, -0.05) is 0 Å². The van der Waals surface area contributed by atoms with Crippen molar-refractivity contribution in [3.05, 3.63) is 53.9 Å². The molecular formula is C14H11F2N3O. The van der Waals surface area contributed by atoms with Crippen LogP contribution in [-0.2, 0) is 6.61 Å². The van der Waals surface area contributed by atoms with Crippen molar-refractivity contribution in [2.45, 2.75) is 6.61 Å². The van der Waals surface area contributed by atoms with E-state index in [0.29, 0.717) is 16.7 Å². The van der Waals surface area contributed by atoms with E-state index < -0.39 is 11.6 Å². The SMILES string of the molecule is Nc1ccc2c(c1)nc(CO)n2-c1ccc(F)cc1F. The van der Waals surface area contributed by atoms with Crippen LogP contribution in [0.4, 0.5) is 14.5 Å². The molecule has 20 heavy (non-hydrogen) atoms. The van der Waals surface area contributed by atoms with Gasteiger partial charge < -0.3 is 10.8 Å². The molecule has 0 aliphatic rings. The van der Waals surface area contributed by atoms with E-state index in [1.165, 1.54) is 10.6 Å². The van der Waals surface area contributed by atoms with Gasteiger partial charge in [0.05, 0.1) is 16.7 Å². The summed E-state index contributed by atoms with van der Waals surface area (Å²) in [4.78, 5) is 4.20. The van der Waals surface area contributed by atoms with Gasteiger partial charge in [0, 0.05) is 11.8 Å². The van der Waals surface area contributed by atoms with Gasteiger partial charge in [0.25, 0.3) is 0 Å². The number of hydrogen-bond donors (Lipinski definition) is 2. The molecule has 2 aromatic carbocycles. The van der Waals surface area contributed by atoms with Crippen LogP contribution in [0, 0.1) is 11.6 Å². The number of imidazole rings is 1. The average molecular weight is 275 g/mol. The molecule has 102 valence electrons. The lowest BCUT2D eigenvalue weighted by Crippen LogP contribution is -2.03. The predicted molar refractivity (Wildman–Crippen MR) is 71.3 cm³/mol. The molecule has 0 bridgehead atoms. The van der Waals surface area contributed by atoms with Crippen LogP contribution >= 0.6 is 0 Å². The molecule has 0 amide bonds. The van der Waals surface area contributed by atoms with Gasteiger partial charge in [-0.25, -0.2) is 13.8 Å². The molecule has 3 rings (SSSR count). The largest absolute Gasteiger partial charge is 0.399 e. The van der Waals surface area contributed by atoms with Crippen LogP contribution in [-0.4, -0.2) is 14.7 Å². The lowest BCUT2D eigenvalue weighted by molar-refractivity contribution is 0.270. The number of aliphatic hydroxyl groups is 1. The fourth-order valence-electron chi connectivity index (χ4n) is 2.18. The van der Waals surface area contributed by atoms with Crippen molar-refractivity contribution >= 4 is 16.7 Å². The number of rotatable bonds is 2. The molecule has 1 heterocycles. The topological polar surface area (TPSA) is 64.1 Å². The number of nitrogens with zero attached hydrogens (tertiary/aromatic N) is 2. The van der Waals surface area contributed by atoms with Crippen LogP contribution in [0.25, 0.3) is 16.7 Å². The Bertz CT molecular complexity index is 798. The quantitative estimate of drug-likeness (QED) is 0.706. The second kappa shape index (κ2) is 4.57. The Morgan fingerprint density at radius 1 is 1.15 bits per heavy atom. The molecule has 6 heteroatoms. The van der Waals surface area contributed by atoms with Crippen molar-refractivity contribution in [1.82, 2.24) is 9.55 Å². The summed E-state index contributed by atoms with van der Waals surface area (Å²) in [5, 5.41) is 9.38. The van der Waals surface area contributed by atoms with E-state index in [4.69, 9.17) is 5.73 Å². The molecular weight excluding hydrogens is 264 g/mol. The maximum Gasteiger partial charge on any atom is 0.150 e. The summed E-state index contributed by atoms with van der Waals surface area (Å²) in [7, 11) is 0. The summed E-state index contributed by atoms with van der Waals surface area (Å²) in [6, 6.07) is 8.22. The molecule has 0 fully saturated rings. The van der Waals surface area contributed by atoms with E-state index in [1.54, 1.807) is 18.2 Å². The van der Waals surface area contributed by atoms with Crippen molar-refractivity contribution in [2.24, 2.45) is 0 Å². The van der Waals surface area contributed by atoms with Gasteiger partial charge in [0.15, 0.2) is 0 Å². The van der Waals surface area contributed by atoms with Gasteiger partial charge in [0.2, 0.25) is 0 Å². The number of fused-ring (bicyclic) bond motifs is 1. The van der Waals surface area contributed by atoms with E-state index in [0.717, 1.165) is 12.1 Å². The van der Waals surface area contributed by atoms with Crippen LogP contribution in [0.5, 0.6) is 0 Å². The Hall–Kier alpha value is -2.47. The lowest BCUT2D eigenvalue weighted by Gasteiger charge is -2.09. The highest BCUT2D eigenvalue weighted by Gasteiger charge is 2.15. The molecule has 0 spiro atoms. The second-order valence-corrected chi connectivity index (χ2v) is 4.37. The van der Waals surface area contributed by atoms with Crippen LogP contribution in [0.1, 0.15) is 5.82 Å². The molecule has 0 saturated heterocycles. The Morgan fingerprint density at radius 3 is 2.65 bits per heavy atom. The highest BCUT2D eigenvalue weighted by atomic mass is 19.1. The number of hydrogen-bond acceptors (Lipinski definition) is 3. The fourth-order valence-corrected chi connectivity index (χ4v) is 2.18. The zero-order valence-electron chi connectivity index (χ0n) is 10.3. The summed E-state index contributed by atoms with van der Waals surface area (Å²) in [6.07, 6.45) is 0. The lowest BCUT2D eigenvalue weighted by atomic mass is 10.2. The average Bonchev–Trinajstić information content (AvgIpc) is 2.76. The van der Waals surface area contributed by atoms with E-state index in [9.17, 15) is 13.9 Å². The number of nitrogen functional groups attached to an aromatic ring is 1. The van der Waals surface area contributed by atoms with E-state index in [1.807, 2.05) is 0 Å².